The Kier molecular flexibility index (Phi) is 18.8. The van der Waals surface area contributed by atoms with Gasteiger partial charge in [-0.25, -0.2) is 0 Å². The Hall–Kier alpha value is -1.14. The van der Waals surface area contributed by atoms with Crippen LogP contribution in [0.5, 0.6) is 0 Å². The molecule has 0 aromatic rings. The summed E-state index contributed by atoms with van der Waals surface area (Å²) in [5.41, 5.74) is 0. The SMILES string of the molecule is CCCCCC(O)O.O=C(O)CCCCCCCCC(=O)O. The standard InChI is InChI=1S/C10H18O4.C6H14O2/c11-9(12)7-5-3-1-2-4-6-8-10(13)14;1-2-3-4-5-6(7)8/h1-8H2,(H,11,12)(H,13,14);6-8H,2-5H2,1H3. The summed E-state index contributed by atoms with van der Waals surface area (Å²) in [6, 6.07) is 0. The van der Waals surface area contributed by atoms with E-state index < -0.39 is 18.2 Å². The molecular weight excluding hydrogens is 288 g/mol. The summed E-state index contributed by atoms with van der Waals surface area (Å²) in [6.07, 6.45) is 8.40. The fourth-order valence-corrected chi connectivity index (χ4v) is 1.84. The van der Waals surface area contributed by atoms with Crippen LogP contribution in [0.3, 0.4) is 0 Å². The molecule has 0 amide bonds. The predicted octanol–water partition coefficient (Wildman–Crippen LogP) is 3.15. The normalized spacial score (nSPS) is 10.2. The summed E-state index contributed by atoms with van der Waals surface area (Å²) in [7, 11) is 0. The lowest BCUT2D eigenvalue weighted by Gasteiger charge is -1.99. The molecular formula is C16H32O6. The molecule has 0 aromatic heterocycles. The van der Waals surface area contributed by atoms with Crippen LogP contribution < -0.4 is 0 Å². The van der Waals surface area contributed by atoms with Gasteiger partial charge in [-0.2, -0.15) is 0 Å². The van der Waals surface area contributed by atoms with Crippen LogP contribution in [0.2, 0.25) is 0 Å². The van der Waals surface area contributed by atoms with Gasteiger partial charge in [0.15, 0.2) is 6.29 Å². The molecule has 0 spiro atoms. The Balaban J connectivity index is 0. The lowest BCUT2D eigenvalue weighted by molar-refractivity contribution is -0.138. The molecule has 0 aliphatic carbocycles. The third-order valence-electron chi connectivity index (χ3n) is 3.10. The molecule has 0 unspecified atom stereocenters. The van der Waals surface area contributed by atoms with Crippen molar-refractivity contribution in [2.24, 2.45) is 0 Å². The highest BCUT2D eigenvalue weighted by Gasteiger charge is 1.98. The van der Waals surface area contributed by atoms with Gasteiger partial charge in [0, 0.05) is 12.8 Å². The van der Waals surface area contributed by atoms with Gasteiger partial charge >= 0.3 is 11.9 Å². The van der Waals surface area contributed by atoms with Crippen molar-refractivity contribution < 1.29 is 30.0 Å². The number of rotatable bonds is 13. The zero-order valence-electron chi connectivity index (χ0n) is 13.7. The van der Waals surface area contributed by atoms with E-state index in [1.165, 1.54) is 0 Å². The van der Waals surface area contributed by atoms with Crippen LogP contribution in [-0.2, 0) is 9.59 Å². The second-order valence-electron chi connectivity index (χ2n) is 5.39. The summed E-state index contributed by atoms with van der Waals surface area (Å²) in [4.78, 5) is 20.3. The highest BCUT2D eigenvalue weighted by atomic mass is 16.5. The first-order chi connectivity index (χ1) is 10.4. The van der Waals surface area contributed by atoms with Gasteiger partial charge in [0.1, 0.15) is 0 Å². The monoisotopic (exact) mass is 320 g/mol. The number of hydrogen-bond donors (Lipinski definition) is 4. The van der Waals surface area contributed by atoms with E-state index in [0.29, 0.717) is 6.42 Å². The minimum absolute atomic E-state index is 0.245. The van der Waals surface area contributed by atoms with Crippen LogP contribution in [0.1, 0.15) is 84.0 Å². The van der Waals surface area contributed by atoms with Crippen LogP contribution in [0, 0.1) is 0 Å². The van der Waals surface area contributed by atoms with E-state index in [2.05, 4.69) is 6.92 Å². The topological polar surface area (TPSA) is 115 Å². The second-order valence-corrected chi connectivity index (χ2v) is 5.39. The molecule has 6 nitrogen and oxygen atoms in total. The van der Waals surface area contributed by atoms with Gasteiger partial charge in [0.2, 0.25) is 0 Å². The van der Waals surface area contributed by atoms with E-state index in [4.69, 9.17) is 20.4 Å². The van der Waals surface area contributed by atoms with Crippen molar-refractivity contribution >= 4 is 11.9 Å². The molecule has 6 heteroatoms. The van der Waals surface area contributed by atoms with Crippen molar-refractivity contribution in [1.82, 2.24) is 0 Å². The zero-order valence-corrected chi connectivity index (χ0v) is 13.7. The number of aliphatic carboxylic acids is 2. The third-order valence-corrected chi connectivity index (χ3v) is 3.10. The molecule has 22 heavy (non-hydrogen) atoms. The summed E-state index contributed by atoms with van der Waals surface area (Å²) in [6.45, 7) is 2.09. The van der Waals surface area contributed by atoms with Crippen LogP contribution in [-0.4, -0.2) is 38.7 Å². The highest BCUT2D eigenvalue weighted by Crippen LogP contribution is 2.08. The Morgan fingerprint density at radius 3 is 1.45 bits per heavy atom. The van der Waals surface area contributed by atoms with Crippen molar-refractivity contribution in [1.29, 1.82) is 0 Å². The number of carboxylic acid groups (broad SMARTS) is 2. The van der Waals surface area contributed by atoms with E-state index in [0.717, 1.165) is 57.8 Å². The zero-order chi connectivity index (χ0) is 17.2. The molecule has 0 bridgehead atoms. The number of unbranched alkanes of at least 4 members (excludes halogenated alkanes) is 7. The van der Waals surface area contributed by atoms with Gasteiger partial charge in [-0.15, -0.1) is 0 Å². The highest BCUT2D eigenvalue weighted by molar-refractivity contribution is 5.66. The first-order valence-corrected chi connectivity index (χ1v) is 8.19. The maximum atomic E-state index is 10.1. The predicted molar refractivity (Wildman–Crippen MR) is 84.6 cm³/mol. The molecule has 0 saturated carbocycles. The van der Waals surface area contributed by atoms with E-state index in [1.54, 1.807) is 0 Å². The first-order valence-electron chi connectivity index (χ1n) is 8.19. The maximum absolute atomic E-state index is 10.1. The van der Waals surface area contributed by atoms with Gasteiger partial charge in [-0.1, -0.05) is 45.4 Å². The molecule has 132 valence electrons. The molecule has 0 aliphatic heterocycles. The summed E-state index contributed by atoms with van der Waals surface area (Å²) in [5.74, 6) is -1.48. The first kappa shape index (κ1) is 23.1. The average molecular weight is 320 g/mol. The van der Waals surface area contributed by atoms with Crippen molar-refractivity contribution in [3.05, 3.63) is 0 Å². The Morgan fingerprint density at radius 2 is 1.14 bits per heavy atom. The molecule has 0 fully saturated rings. The van der Waals surface area contributed by atoms with E-state index in [-0.39, 0.29) is 12.8 Å². The molecule has 0 aromatic carbocycles. The molecule has 0 saturated heterocycles. The van der Waals surface area contributed by atoms with Crippen molar-refractivity contribution in [2.75, 3.05) is 0 Å². The lowest BCUT2D eigenvalue weighted by atomic mass is 10.1. The van der Waals surface area contributed by atoms with Gasteiger partial charge in [-0.3, -0.25) is 9.59 Å². The van der Waals surface area contributed by atoms with Crippen LogP contribution in [0.25, 0.3) is 0 Å². The molecule has 0 aliphatic rings. The minimum atomic E-state index is -1.10. The fraction of sp³-hybridized carbons (Fsp3) is 0.875. The van der Waals surface area contributed by atoms with Crippen molar-refractivity contribution in [3.63, 3.8) is 0 Å². The quantitative estimate of drug-likeness (QED) is 0.306. The van der Waals surface area contributed by atoms with Crippen molar-refractivity contribution in [2.45, 2.75) is 90.3 Å². The third kappa shape index (κ3) is 27.2. The van der Waals surface area contributed by atoms with Crippen LogP contribution >= 0.6 is 0 Å². The summed E-state index contributed by atoms with van der Waals surface area (Å²) in [5, 5.41) is 33.4. The van der Waals surface area contributed by atoms with E-state index in [1.807, 2.05) is 0 Å². The van der Waals surface area contributed by atoms with Gasteiger partial charge < -0.3 is 20.4 Å². The second kappa shape index (κ2) is 17.9. The number of carbonyl (C=O) groups is 2. The molecule has 4 N–H and O–H groups in total. The van der Waals surface area contributed by atoms with Gasteiger partial charge in [-0.05, 0) is 25.7 Å². The van der Waals surface area contributed by atoms with Crippen LogP contribution in [0.4, 0.5) is 0 Å². The Morgan fingerprint density at radius 1 is 0.727 bits per heavy atom. The Bertz CT molecular complexity index is 245. The molecule has 0 radical (unpaired) electrons. The average Bonchev–Trinajstić information content (AvgIpc) is 2.42. The Labute approximate surface area is 133 Å². The lowest BCUT2D eigenvalue weighted by Crippen LogP contribution is -2.02. The van der Waals surface area contributed by atoms with Gasteiger partial charge in [0.05, 0.1) is 0 Å². The molecule has 0 atom stereocenters. The minimum Gasteiger partial charge on any atom is -0.481 e. The van der Waals surface area contributed by atoms with E-state index in [9.17, 15) is 9.59 Å². The fourth-order valence-electron chi connectivity index (χ4n) is 1.84. The maximum Gasteiger partial charge on any atom is 0.303 e. The van der Waals surface area contributed by atoms with Crippen LogP contribution in [0.15, 0.2) is 0 Å². The molecule has 0 rings (SSSR count). The smallest absolute Gasteiger partial charge is 0.303 e. The van der Waals surface area contributed by atoms with Crippen molar-refractivity contribution in [3.8, 4) is 0 Å². The number of aliphatic hydroxyl groups excluding tert-OH is 1. The summed E-state index contributed by atoms with van der Waals surface area (Å²) < 4.78 is 0. The number of carboxylic acids is 2. The van der Waals surface area contributed by atoms with E-state index >= 15 is 0 Å². The number of hydrogen-bond acceptors (Lipinski definition) is 4. The number of aliphatic hydroxyl groups is 2. The molecule has 0 heterocycles. The van der Waals surface area contributed by atoms with Gasteiger partial charge in [0.25, 0.3) is 0 Å². The summed E-state index contributed by atoms with van der Waals surface area (Å²) >= 11 is 0. The largest absolute Gasteiger partial charge is 0.481 e.